The predicted octanol–water partition coefficient (Wildman–Crippen LogP) is -2.14. The van der Waals surface area contributed by atoms with E-state index in [0.29, 0.717) is 56.9 Å². The lowest BCUT2D eigenvalue weighted by Gasteiger charge is -2.50. The number of ether oxygens (including phenoxy) is 3. The number of fused-ring (bicyclic) bond motifs is 1. The molecule has 58 heavy (non-hydrogen) atoms. The number of hydrogen-bond donors (Lipinski definition) is 8. The zero-order valence-electron chi connectivity index (χ0n) is 34.2. The van der Waals surface area contributed by atoms with Gasteiger partial charge in [0.2, 0.25) is 6.10 Å². The molecular weight excluding hydrogens is 748 g/mol. The van der Waals surface area contributed by atoms with Crippen LogP contribution in [0, 0.1) is 42.1 Å². The number of rotatable bonds is 18. The van der Waals surface area contributed by atoms with E-state index in [-0.39, 0.29) is 36.8 Å². The van der Waals surface area contributed by atoms with Crippen molar-refractivity contribution in [2.45, 2.75) is 157 Å². The summed E-state index contributed by atoms with van der Waals surface area (Å²) in [6.07, 6.45) is 10.5. The number of nitrogens with two attached hydrogens (primary N) is 3. The summed E-state index contributed by atoms with van der Waals surface area (Å²) < 4.78 is 17.0. The molecule has 13 unspecified atom stereocenters. The quantitative estimate of drug-likeness (QED) is 0.0423. The van der Waals surface area contributed by atoms with Gasteiger partial charge in [0.1, 0.15) is 37.0 Å². The zero-order valence-corrected chi connectivity index (χ0v) is 34.2. The first-order valence-corrected chi connectivity index (χ1v) is 22.2. The van der Waals surface area contributed by atoms with E-state index in [2.05, 4.69) is 29.5 Å². The van der Waals surface area contributed by atoms with Gasteiger partial charge in [-0.3, -0.25) is 4.79 Å². The van der Waals surface area contributed by atoms with E-state index >= 15 is 0 Å². The highest BCUT2D eigenvalue weighted by Crippen LogP contribution is 2.45. The Balaban J connectivity index is 1.15. The topological polar surface area (TPSA) is 261 Å². The third-order valence-electron chi connectivity index (χ3n) is 14.4. The van der Waals surface area contributed by atoms with Gasteiger partial charge in [-0.25, -0.2) is 0 Å². The first-order chi connectivity index (χ1) is 27.9. The van der Waals surface area contributed by atoms with Crippen LogP contribution in [0.2, 0.25) is 0 Å². The molecule has 6 aliphatic rings. The van der Waals surface area contributed by atoms with Crippen molar-refractivity contribution in [3.8, 4) is 0 Å². The molecule has 3 aliphatic heterocycles. The van der Waals surface area contributed by atoms with Crippen LogP contribution < -0.4 is 21.5 Å². The maximum atomic E-state index is 12.7. The molecule has 0 spiro atoms. The number of carbonyl (C=O) groups excluding carboxylic acids is 2. The molecule has 15 nitrogen and oxygen atoms in total. The lowest BCUT2D eigenvalue weighted by atomic mass is 9.66. The van der Waals surface area contributed by atoms with Crippen LogP contribution in [-0.4, -0.2) is 136 Å². The summed E-state index contributed by atoms with van der Waals surface area (Å²) in [7, 11) is 2.07. The van der Waals surface area contributed by atoms with Crippen molar-refractivity contribution in [1.29, 1.82) is 0 Å². The van der Waals surface area contributed by atoms with E-state index < -0.39 is 72.4 Å². The summed E-state index contributed by atoms with van der Waals surface area (Å²) >= 11 is 0. The average Bonchev–Trinajstić information content (AvgIpc) is 3.73. The van der Waals surface area contributed by atoms with Crippen molar-refractivity contribution in [2.75, 3.05) is 26.7 Å². The molecule has 3 aliphatic carbocycles. The highest BCUT2D eigenvalue weighted by Gasteiger charge is 2.60. The van der Waals surface area contributed by atoms with Crippen LogP contribution in [0.5, 0.6) is 0 Å². The Bertz CT molecular complexity index is 1430. The van der Waals surface area contributed by atoms with Gasteiger partial charge >= 0.3 is 0 Å². The molecule has 6 rings (SSSR count). The molecule has 3 saturated carbocycles. The lowest BCUT2D eigenvalue weighted by molar-refractivity contribution is -0.681. The summed E-state index contributed by atoms with van der Waals surface area (Å²) in [6, 6.07) is 0. The number of amides is 1. The maximum absolute atomic E-state index is 12.7. The smallest absolute Gasteiger partial charge is 0.297 e. The Hall–Kier alpha value is -2.44. The van der Waals surface area contributed by atoms with Gasteiger partial charge in [0.05, 0.1) is 62.3 Å². The number of primary amides is 1. The third kappa shape index (κ3) is 10.9. The number of carboxylic acids is 1. The minimum atomic E-state index is -2.21. The van der Waals surface area contributed by atoms with Crippen molar-refractivity contribution < 1.29 is 65.1 Å². The minimum absolute atomic E-state index is 0.00479. The molecule has 0 aromatic carbocycles. The molecule has 2 saturated heterocycles. The largest absolute Gasteiger partial charge is 0.547 e. The summed E-state index contributed by atoms with van der Waals surface area (Å²) in [5.74, 6) is -1.95. The predicted molar refractivity (Wildman–Crippen MR) is 211 cm³/mol. The first kappa shape index (κ1) is 45.1. The van der Waals surface area contributed by atoms with Gasteiger partial charge in [0.25, 0.3) is 5.91 Å². The Kier molecular flexibility index (Phi) is 16.2. The third-order valence-corrected chi connectivity index (χ3v) is 14.4. The van der Waals surface area contributed by atoms with E-state index in [1.807, 2.05) is 17.6 Å². The van der Waals surface area contributed by atoms with Crippen molar-refractivity contribution in [1.82, 2.24) is 0 Å². The highest BCUT2D eigenvalue weighted by atomic mass is 16.7. The summed E-state index contributed by atoms with van der Waals surface area (Å²) in [5.41, 5.74) is 4.77. The second-order valence-electron chi connectivity index (χ2n) is 18.2. The Morgan fingerprint density at radius 3 is 2.52 bits per heavy atom. The summed E-state index contributed by atoms with van der Waals surface area (Å²) in [4.78, 5) is 29.1. The molecule has 13 atom stereocenters. The first-order valence-electron chi connectivity index (χ1n) is 22.2. The van der Waals surface area contributed by atoms with Gasteiger partial charge in [0.15, 0.2) is 24.2 Å². The minimum Gasteiger partial charge on any atom is -0.547 e. The second-order valence-corrected chi connectivity index (χ2v) is 18.2. The fourth-order valence-corrected chi connectivity index (χ4v) is 11.0. The van der Waals surface area contributed by atoms with Crippen LogP contribution in [0.25, 0.3) is 0 Å². The fourth-order valence-electron chi connectivity index (χ4n) is 11.0. The van der Waals surface area contributed by atoms with Crippen molar-refractivity contribution >= 4 is 18.1 Å². The van der Waals surface area contributed by atoms with Crippen molar-refractivity contribution in [3.05, 3.63) is 30.3 Å². The van der Waals surface area contributed by atoms with Gasteiger partial charge in [-0.2, -0.15) is 0 Å². The number of nitrogens with zero attached hydrogens (tertiary/aromatic N) is 1. The Morgan fingerprint density at radius 1 is 1.09 bits per heavy atom. The molecule has 0 aromatic heterocycles. The molecule has 0 radical (unpaired) electrons. The molecular formula is C43H71N4O11+3. The van der Waals surface area contributed by atoms with E-state index in [4.69, 9.17) is 19.9 Å². The van der Waals surface area contributed by atoms with E-state index in [1.165, 1.54) is 32.1 Å². The Morgan fingerprint density at radius 2 is 1.84 bits per heavy atom. The van der Waals surface area contributed by atoms with Crippen LogP contribution >= 0.6 is 0 Å². The van der Waals surface area contributed by atoms with Crippen LogP contribution in [0.4, 0.5) is 0 Å². The van der Waals surface area contributed by atoms with Crippen LogP contribution in [-0.2, 0) is 19.1 Å². The number of hydrogen-bond acceptors (Lipinski definition) is 11. The fraction of sp³-hybridized carbons (Fsp3) is 0.814. The Labute approximate surface area is 342 Å². The monoisotopic (exact) mass is 820 g/mol. The standard InChI is InChI=1S/C43H68N4O11/c1-45-18-17-27(9-5-8-25-6-3-2-4-7-25)29(20-26-16-19-46-22-26)23-47-24-43(55)39(51)36(50)38(41(53)54)58-42(43)56-31-14-15-32-33(21-31)57-37(40(44)52)34(35(32)49)28-10-12-30(48)13-11-28/h5,8,16,19,22,25,27-39,42,45,47-51,55H,2-4,6-7,9-15,17-18,20-21,23-24H2,1H3,(H2-,44,52,53,54)/p+3. The summed E-state index contributed by atoms with van der Waals surface area (Å²) in [5, 5.41) is 72.5. The number of aliphatic imine (C=N–C) groups is 1. The van der Waals surface area contributed by atoms with Gasteiger partial charge < -0.3 is 66.0 Å². The molecule has 0 bridgehead atoms. The van der Waals surface area contributed by atoms with E-state index in [9.17, 15) is 40.2 Å². The van der Waals surface area contributed by atoms with Crippen molar-refractivity contribution in [2.24, 2.45) is 46.2 Å². The molecule has 12 N–H and O–H groups in total. The number of carbonyl (C=O) groups is 2. The van der Waals surface area contributed by atoms with Gasteiger partial charge in [0, 0.05) is 25.2 Å². The number of aliphatic hydroxyl groups is 7. The van der Waals surface area contributed by atoms with Crippen LogP contribution in [0.1, 0.15) is 96.3 Å². The van der Waals surface area contributed by atoms with Gasteiger partial charge in [-0.05, 0) is 75.5 Å². The SMILES string of the molecule is C[NH2+]CCC(CC=CC1CCCCC1)C(C[NH2+]CC1(O)C(OC2CCC3C(C2)[OH+]C(C(N)=O)C(C2CCC(O)CC2)C3O)OC(C(=O)[O-])C(O)C1O)CC1=C[CH+]N=C1. The van der Waals surface area contributed by atoms with E-state index in [0.717, 1.165) is 31.4 Å². The molecule has 5 fully saturated rings. The number of allylic oxidation sites excluding steroid dienone is 3. The molecule has 326 valence electrons. The number of carboxylic acid groups (broad SMARTS) is 1. The van der Waals surface area contributed by atoms with Gasteiger partial charge in [-0.15, -0.1) is 4.99 Å². The maximum Gasteiger partial charge on any atom is 0.297 e. The number of aliphatic carboxylic acids is 1. The molecule has 0 aromatic rings. The van der Waals surface area contributed by atoms with Crippen molar-refractivity contribution in [3.63, 3.8) is 0 Å². The zero-order chi connectivity index (χ0) is 41.4. The second kappa shape index (κ2) is 20.9. The molecule has 3 heterocycles. The number of quaternary nitrogens is 2. The highest BCUT2D eigenvalue weighted by molar-refractivity contribution is 5.82. The normalized spacial score (nSPS) is 39.4. The lowest BCUT2D eigenvalue weighted by Crippen LogP contribution is -2.93. The van der Waals surface area contributed by atoms with E-state index in [1.54, 1.807) is 6.54 Å². The van der Waals surface area contributed by atoms with Gasteiger partial charge in [-0.1, -0.05) is 31.4 Å². The molecule has 15 heteroatoms. The van der Waals surface area contributed by atoms with Crippen LogP contribution in [0.3, 0.4) is 0 Å². The van der Waals surface area contributed by atoms with Crippen LogP contribution in [0.15, 0.2) is 28.8 Å². The number of aliphatic hydroxyl groups excluding tert-OH is 4. The average molecular weight is 820 g/mol. The molecule has 1 amide bonds. The summed E-state index contributed by atoms with van der Waals surface area (Å²) in [6.45, 7) is 3.16.